The second kappa shape index (κ2) is 5.72. The van der Waals surface area contributed by atoms with Crippen molar-refractivity contribution < 1.29 is 4.42 Å². The van der Waals surface area contributed by atoms with Gasteiger partial charge in [0.25, 0.3) is 0 Å². The minimum absolute atomic E-state index is 0.0762. The Morgan fingerprint density at radius 2 is 1.48 bits per heavy atom. The average molecular weight is 280 g/mol. The van der Waals surface area contributed by atoms with Crippen LogP contribution in [0, 0.1) is 0 Å². The molecule has 0 saturated carbocycles. The van der Waals surface area contributed by atoms with E-state index >= 15 is 0 Å². The summed E-state index contributed by atoms with van der Waals surface area (Å²) in [6.07, 6.45) is 4.16. The van der Waals surface area contributed by atoms with Crippen LogP contribution >= 0.6 is 0 Å². The molecule has 0 amide bonds. The normalized spacial score (nSPS) is 11.3. The van der Waals surface area contributed by atoms with Gasteiger partial charge < -0.3 is 4.42 Å². The van der Waals surface area contributed by atoms with Crippen molar-refractivity contribution >= 4 is 21.9 Å². The summed E-state index contributed by atoms with van der Waals surface area (Å²) in [5.41, 5.74) is 3.87. The number of benzene rings is 2. The molecule has 2 heteroatoms. The van der Waals surface area contributed by atoms with Crippen molar-refractivity contribution in [2.45, 2.75) is 39.5 Å². The van der Waals surface area contributed by atoms with Gasteiger partial charge in [0, 0.05) is 0 Å². The number of rotatable bonds is 4. The van der Waals surface area contributed by atoms with Crippen LogP contribution in [0.4, 0.5) is 0 Å². The molecule has 0 unspecified atom stereocenters. The molecule has 3 aromatic rings. The van der Waals surface area contributed by atoms with E-state index in [1.54, 1.807) is 0 Å². The minimum atomic E-state index is 0.0762. The lowest BCUT2D eigenvalue weighted by Gasteiger charge is -2.05. The number of hydrogen-bond donors (Lipinski definition) is 0. The third kappa shape index (κ3) is 2.58. The fourth-order valence-corrected chi connectivity index (χ4v) is 2.83. The molecule has 1 aromatic heterocycles. The molecule has 0 N–H and O–H groups in total. The van der Waals surface area contributed by atoms with Crippen LogP contribution in [0.3, 0.4) is 0 Å². The Morgan fingerprint density at radius 3 is 2.19 bits per heavy atom. The minimum Gasteiger partial charge on any atom is -0.456 e. The summed E-state index contributed by atoms with van der Waals surface area (Å²) in [6.45, 7) is 4.29. The molecule has 21 heavy (non-hydrogen) atoms. The van der Waals surface area contributed by atoms with Gasteiger partial charge in [-0.05, 0) is 48.2 Å². The van der Waals surface area contributed by atoms with Crippen LogP contribution in [0.1, 0.15) is 37.8 Å². The summed E-state index contributed by atoms with van der Waals surface area (Å²) in [4.78, 5) is 12.7. The zero-order chi connectivity index (χ0) is 14.8. The van der Waals surface area contributed by atoms with Gasteiger partial charge in [0.15, 0.2) is 0 Å². The van der Waals surface area contributed by atoms with Gasteiger partial charge in [-0.25, -0.2) is 0 Å². The molecule has 0 aliphatic heterocycles. The van der Waals surface area contributed by atoms with E-state index in [1.165, 1.54) is 11.1 Å². The van der Waals surface area contributed by atoms with E-state index in [2.05, 4.69) is 19.9 Å². The van der Waals surface area contributed by atoms with Gasteiger partial charge in [-0.1, -0.05) is 38.8 Å². The monoisotopic (exact) mass is 280 g/mol. The zero-order valence-corrected chi connectivity index (χ0v) is 12.6. The van der Waals surface area contributed by atoms with E-state index in [0.29, 0.717) is 21.9 Å². The molecular weight excluding hydrogens is 260 g/mol. The van der Waals surface area contributed by atoms with Crippen LogP contribution in [0.15, 0.2) is 45.6 Å². The molecule has 0 aliphatic rings. The van der Waals surface area contributed by atoms with E-state index in [0.717, 1.165) is 25.7 Å². The van der Waals surface area contributed by atoms with E-state index in [1.807, 2.05) is 30.3 Å². The predicted molar refractivity (Wildman–Crippen MR) is 88.0 cm³/mol. The summed E-state index contributed by atoms with van der Waals surface area (Å²) in [7, 11) is 0. The number of aryl methyl sites for hydroxylation is 2. The first kappa shape index (κ1) is 13.9. The average Bonchev–Trinajstić information content (AvgIpc) is 2.49. The lowest BCUT2D eigenvalue weighted by Crippen LogP contribution is -2.03. The molecule has 0 radical (unpaired) electrons. The third-order valence-corrected chi connectivity index (χ3v) is 3.88. The molecular formula is C19H20O2. The van der Waals surface area contributed by atoms with Gasteiger partial charge in [-0.3, -0.25) is 4.79 Å². The maximum absolute atomic E-state index is 12.7. The Bertz CT molecular complexity index is 843. The van der Waals surface area contributed by atoms with Crippen LogP contribution < -0.4 is 5.43 Å². The first-order valence-corrected chi connectivity index (χ1v) is 7.71. The maximum atomic E-state index is 12.7. The topological polar surface area (TPSA) is 30.2 Å². The van der Waals surface area contributed by atoms with Gasteiger partial charge in [0.05, 0.1) is 10.8 Å². The first-order chi connectivity index (χ1) is 10.2. The highest BCUT2D eigenvalue weighted by Crippen LogP contribution is 2.21. The van der Waals surface area contributed by atoms with Crippen molar-refractivity contribution in [2.24, 2.45) is 0 Å². The molecule has 2 aromatic carbocycles. The van der Waals surface area contributed by atoms with Crippen molar-refractivity contribution in [1.82, 2.24) is 0 Å². The highest BCUT2D eigenvalue weighted by Gasteiger charge is 2.09. The van der Waals surface area contributed by atoms with Crippen molar-refractivity contribution in [3.63, 3.8) is 0 Å². The quantitative estimate of drug-likeness (QED) is 0.639. The molecule has 0 fully saturated rings. The number of fused-ring (bicyclic) bond motifs is 2. The summed E-state index contributed by atoms with van der Waals surface area (Å²) in [5.74, 6) is 0. The van der Waals surface area contributed by atoms with Gasteiger partial charge in [-0.15, -0.1) is 0 Å². The SMILES string of the molecule is CCCc1ccc2c(=O)c3cc(CCC)ccc3oc2c1. The van der Waals surface area contributed by atoms with E-state index in [9.17, 15) is 4.79 Å². The molecule has 0 atom stereocenters. The van der Waals surface area contributed by atoms with Crippen molar-refractivity contribution in [3.8, 4) is 0 Å². The Balaban J connectivity index is 2.24. The lowest BCUT2D eigenvalue weighted by atomic mass is 10.0. The third-order valence-electron chi connectivity index (χ3n) is 3.88. The van der Waals surface area contributed by atoms with Crippen LogP contribution in [0.2, 0.25) is 0 Å². The largest absolute Gasteiger partial charge is 0.456 e. The molecule has 2 nitrogen and oxygen atoms in total. The van der Waals surface area contributed by atoms with Crippen LogP contribution in [0.25, 0.3) is 21.9 Å². The molecule has 0 bridgehead atoms. The lowest BCUT2D eigenvalue weighted by molar-refractivity contribution is 0.658. The Morgan fingerprint density at radius 1 is 0.810 bits per heavy atom. The van der Waals surface area contributed by atoms with E-state index in [-0.39, 0.29) is 5.43 Å². The van der Waals surface area contributed by atoms with E-state index in [4.69, 9.17) is 4.42 Å². The maximum Gasteiger partial charge on any atom is 0.200 e. The fraction of sp³-hybridized carbons (Fsp3) is 0.316. The van der Waals surface area contributed by atoms with Crippen molar-refractivity contribution in [2.75, 3.05) is 0 Å². The second-order valence-corrected chi connectivity index (χ2v) is 5.59. The summed E-state index contributed by atoms with van der Waals surface area (Å²) < 4.78 is 5.95. The molecule has 3 rings (SSSR count). The predicted octanol–water partition coefficient (Wildman–Crippen LogP) is 4.85. The highest BCUT2D eigenvalue weighted by atomic mass is 16.3. The molecule has 1 heterocycles. The molecule has 108 valence electrons. The summed E-state index contributed by atoms with van der Waals surface area (Å²) in [6, 6.07) is 11.9. The second-order valence-electron chi connectivity index (χ2n) is 5.59. The fourth-order valence-electron chi connectivity index (χ4n) is 2.83. The van der Waals surface area contributed by atoms with Gasteiger partial charge in [0.1, 0.15) is 11.2 Å². The van der Waals surface area contributed by atoms with Crippen LogP contribution in [0.5, 0.6) is 0 Å². The highest BCUT2D eigenvalue weighted by molar-refractivity contribution is 5.90. The van der Waals surface area contributed by atoms with Gasteiger partial charge in [-0.2, -0.15) is 0 Å². The summed E-state index contributed by atoms with van der Waals surface area (Å²) >= 11 is 0. The Labute approximate surface area is 124 Å². The molecule has 0 saturated heterocycles. The smallest absolute Gasteiger partial charge is 0.200 e. The summed E-state index contributed by atoms with van der Waals surface area (Å²) in [5, 5.41) is 1.37. The van der Waals surface area contributed by atoms with Crippen LogP contribution in [-0.2, 0) is 12.8 Å². The standard InChI is InChI=1S/C19H20O2/c1-3-5-13-8-10-17-16(11-13)19(20)15-9-7-14(6-4-2)12-18(15)21-17/h7-12H,3-6H2,1-2H3. The zero-order valence-electron chi connectivity index (χ0n) is 12.6. The van der Waals surface area contributed by atoms with Gasteiger partial charge >= 0.3 is 0 Å². The van der Waals surface area contributed by atoms with E-state index < -0.39 is 0 Å². The molecule has 0 spiro atoms. The Hall–Kier alpha value is -2.09. The van der Waals surface area contributed by atoms with Crippen molar-refractivity contribution in [3.05, 3.63) is 57.7 Å². The van der Waals surface area contributed by atoms with Crippen molar-refractivity contribution in [1.29, 1.82) is 0 Å². The number of hydrogen-bond acceptors (Lipinski definition) is 2. The first-order valence-electron chi connectivity index (χ1n) is 7.71. The van der Waals surface area contributed by atoms with Gasteiger partial charge in [0.2, 0.25) is 5.43 Å². The molecule has 0 aliphatic carbocycles. The Kier molecular flexibility index (Phi) is 3.78. The van der Waals surface area contributed by atoms with Crippen LogP contribution in [-0.4, -0.2) is 0 Å².